The zero-order chi connectivity index (χ0) is 10.1. The molecule has 2 N–H and O–H groups in total. The largest absolute Gasteiger partial charge is 0.368 e. The van der Waals surface area contributed by atoms with E-state index in [9.17, 15) is 4.39 Å². The van der Waals surface area contributed by atoms with Crippen LogP contribution in [0.25, 0.3) is 11.3 Å². The molecule has 1 heterocycles. The lowest BCUT2D eigenvalue weighted by Crippen LogP contribution is -1.87. The van der Waals surface area contributed by atoms with Gasteiger partial charge in [0.15, 0.2) is 0 Å². The van der Waals surface area contributed by atoms with Crippen molar-refractivity contribution in [3.8, 4) is 11.3 Å². The summed E-state index contributed by atoms with van der Waals surface area (Å²) in [6, 6.07) is 6.60. The summed E-state index contributed by atoms with van der Waals surface area (Å²) in [7, 11) is 0. The normalized spacial score (nSPS) is 10.4. The number of anilines is 1. The molecule has 0 fully saturated rings. The van der Waals surface area contributed by atoms with Crippen molar-refractivity contribution in [3.05, 3.63) is 35.6 Å². The van der Waals surface area contributed by atoms with E-state index in [0.717, 1.165) is 0 Å². The Bertz CT molecular complexity index is 465. The highest BCUT2D eigenvalue weighted by Crippen LogP contribution is 2.24. The average molecular weight is 192 g/mol. The van der Waals surface area contributed by atoms with Gasteiger partial charge in [0.1, 0.15) is 11.5 Å². The fourth-order valence-electron chi connectivity index (χ4n) is 1.26. The van der Waals surface area contributed by atoms with Crippen LogP contribution in [0.4, 0.5) is 10.3 Å². The molecule has 0 aliphatic carbocycles. The number of rotatable bonds is 1. The van der Waals surface area contributed by atoms with Crippen LogP contribution in [0.3, 0.4) is 0 Å². The van der Waals surface area contributed by atoms with E-state index in [1.54, 1.807) is 25.1 Å². The molecule has 72 valence electrons. The van der Waals surface area contributed by atoms with Crippen molar-refractivity contribution < 1.29 is 8.91 Å². The van der Waals surface area contributed by atoms with Gasteiger partial charge in [0.25, 0.3) is 0 Å². The molecule has 0 unspecified atom stereocenters. The molecule has 14 heavy (non-hydrogen) atoms. The SMILES string of the molecule is Cc1cccc(-c2cc(N)on2)c1F. The molecule has 2 rings (SSSR count). The molecule has 0 atom stereocenters. The van der Waals surface area contributed by atoms with Crippen molar-refractivity contribution in [2.75, 3.05) is 5.73 Å². The lowest BCUT2D eigenvalue weighted by atomic mass is 10.1. The van der Waals surface area contributed by atoms with E-state index in [4.69, 9.17) is 5.73 Å². The summed E-state index contributed by atoms with van der Waals surface area (Å²) in [4.78, 5) is 0. The number of nitrogens with two attached hydrogens (primary N) is 1. The predicted molar refractivity (Wildman–Crippen MR) is 51.0 cm³/mol. The molecule has 0 aliphatic rings. The Labute approximate surface area is 80.3 Å². The van der Waals surface area contributed by atoms with Gasteiger partial charge in [0.2, 0.25) is 5.88 Å². The van der Waals surface area contributed by atoms with Crippen LogP contribution in [0.5, 0.6) is 0 Å². The summed E-state index contributed by atoms with van der Waals surface area (Å²) in [5.41, 5.74) is 6.75. The van der Waals surface area contributed by atoms with Gasteiger partial charge in [0, 0.05) is 11.6 Å². The first-order chi connectivity index (χ1) is 6.68. The minimum Gasteiger partial charge on any atom is -0.368 e. The fourth-order valence-corrected chi connectivity index (χ4v) is 1.26. The maximum absolute atomic E-state index is 13.6. The van der Waals surface area contributed by atoms with Gasteiger partial charge in [-0.1, -0.05) is 17.3 Å². The summed E-state index contributed by atoms with van der Waals surface area (Å²) in [6.45, 7) is 1.70. The lowest BCUT2D eigenvalue weighted by molar-refractivity contribution is 0.438. The van der Waals surface area contributed by atoms with Crippen LogP contribution in [0.15, 0.2) is 28.8 Å². The molecular weight excluding hydrogens is 183 g/mol. The molecule has 1 aromatic carbocycles. The van der Waals surface area contributed by atoms with Crippen LogP contribution >= 0.6 is 0 Å². The van der Waals surface area contributed by atoms with Crippen molar-refractivity contribution in [2.24, 2.45) is 0 Å². The van der Waals surface area contributed by atoms with Crippen LogP contribution in [0.1, 0.15) is 5.56 Å². The summed E-state index contributed by atoms with van der Waals surface area (Å²) in [5, 5.41) is 3.65. The standard InChI is InChI=1S/C10H9FN2O/c1-6-3-2-4-7(10(6)11)8-5-9(12)14-13-8/h2-5H,12H2,1H3. The third kappa shape index (κ3) is 1.35. The molecular formula is C10H9FN2O. The second kappa shape index (κ2) is 3.14. The number of aryl methyl sites for hydroxylation is 1. The van der Waals surface area contributed by atoms with Crippen LogP contribution in [-0.4, -0.2) is 5.16 Å². The predicted octanol–water partition coefficient (Wildman–Crippen LogP) is 2.37. The zero-order valence-electron chi connectivity index (χ0n) is 7.62. The summed E-state index contributed by atoms with van der Waals surface area (Å²) in [6.07, 6.45) is 0. The number of hydrogen-bond donors (Lipinski definition) is 1. The Balaban J connectivity index is 2.57. The van der Waals surface area contributed by atoms with E-state index in [-0.39, 0.29) is 11.7 Å². The first-order valence-corrected chi connectivity index (χ1v) is 4.16. The first-order valence-electron chi connectivity index (χ1n) is 4.16. The van der Waals surface area contributed by atoms with E-state index in [1.165, 1.54) is 6.07 Å². The van der Waals surface area contributed by atoms with Gasteiger partial charge in [-0.2, -0.15) is 0 Å². The van der Waals surface area contributed by atoms with E-state index in [1.807, 2.05) is 0 Å². The molecule has 0 saturated heterocycles. The number of halogens is 1. The fraction of sp³-hybridized carbons (Fsp3) is 0.100. The summed E-state index contributed by atoms with van der Waals surface area (Å²) < 4.78 is 18.2. The molecule has 3 nitrogen and oxygen atoms in total. The van der Waals surface area contributed by atoms with Crippen LogP contribution in [-0.2, 0) is 0 Å². The van der Waals surface area contributed by atoms with Crippen molar-refractivity contribution in [3.63, 3.8) is 0 Å². The smallest absolute Gasteiger partial charge is 0.222 e. The van der Waals surface area contributed by atoms with E-state index in [2.05, 4.69) is 9.68 Å². The minimum absolute atomic E-state index is 0.181. The van der Waals surface area contributed by atoms with E-state index < -0.39 is 0 Å². The van der Waals surface area contributed by atoms with Gasteiger partial charge < -0.3 is 10.3 Å². The number of hydrogen-bond acceptors (Lipinski definition) is 3. The van der Waals surface area contributed by atoms with Gasteiger partial charge >= 0.3 is 0 Å². The first kappa shape index (κ1) is 8.74. The topological polar surface area (TPSA) is 52.0 Å². The summed E-state index contributed by atoms with van der Waals surface area (Å²) >= 11 is 0. The van der Waals surface area contributed by atoms with Crippen molar-refractivity contribution in [1.29, 1.82) is 0 Å². The lowest BCUT2D eigenvalue weighted by Gasteiger charge is -2.00. The van der Waals surface area contributed by atoms with E-state index >= 15 is 0 Å². The molecule has 1 aromatic heterocycles. The molecule has 0 radical (unpaired) electrons. The average Bonchev–Trinajstić information content (AvgIpc) is 2.57. The van der Waals surface area contributed by atoms with Crippen molar-refractivity contribution >= 4 is 5.88 Å². The number of aromatic nitrogens is 1. The second-order valence-corrected chi connectivity index (χ2v) is 3.05. The Morgan fingerprint density at radius 3 is 2.86 bits per heavy atom. The van der Waals surface area contributed by atoms with Crippen LogP contribution in [0.2, 0.25) is 0 Å². The third-order valence-electron chi connectivity index (χ3n) is 2.00. The van der Waals surface area contributed by atoms with Crippen molar-refractivity contribution in [2.45, 2.75) is 6.92 Å². The van der Waals surface area contributed by atoms with Gasteiger partial charge in [-0.05, 0) is 18.6 Å². The van der Waals surface area contributed by atoms with Crippen molar-refractivity contribution in [1.82, 2.24) is 5.16 Å². The van der Waals surface area contributed by atoms with Gasteiger partial charge in [-0.3, -0.25) is 0 Å². The Morgan fingerprint density at radius 1 is 1.43 bits per heavy atom. The monoisotopic (exact) mass is 192 g/mol. The minimum atomic E-state index is -0.291. The van der Waals surface area contributed by atoms with E-state index in [0.29, 0.717) is 16.8 Å². The molecule has 0 amide bonds. The number of nitrogen functional groups attached to an aromatic ring is 1. The third-order valence-corrected chi connectivity index (χ3v) is 2.00. The zero-order valence-corrected chi connectivity index (χ0v) is 7.62. The highest BCUT2D eigenvalue weighted by atomic mass is 19.1. The Hall–Kier alpha value is -1.84. The highest BCUT2D eigenvalue weighted by Gasteiger charge is 2.10. The Morgan fingerprint density at radius 2 is 2.21 bits per heavy atom. The molecule has 0 bridgehead atoms. The molecule has 2 aromatic rings. The maximum Gasteiger partial charge on any atom is 0.222 e. The maximum atomic E-state index is 13.6. The molecule has 0 saturated carbocycles. The molecule has 0 spiro atoms. The summed E-state index contributed by atoms with van der Waals surface area (Å²) in [5.74, 6) is -0.110. The van der Waals surface area contributed by atoms with Crippen LogP contribution < -0.4 is 5.73 Å². The molecule has 4 heteroatoms. The quantitative estimate of drug-likeness (QED) is 0.754. The van der Waals surface area contributed by atoms with Crippen LogP contribution in [0, 0.1) is 12.7 Å². The number of benzene rings is 1. The van der Waals surface area contributed by atoms with Gasteiger partial charge in [-0.25, -0.2) is 4.39 Å². The number of nitrogens with zero attached hydrogens (tertiary/aromatic N) is 1. The van der Waals surface area contributed by atoms with Gasteiger partial charge in [-0.15, -0.1) is 0 Å². The Kier molecular flexibility index (Phi) is 1.96. The highest BCUT2D eigenvalue weighted by molar-refractivity contribution is 5.62. The molecule has 0 aliphatic heterocycles. The van der Waals surface area contributed by atoms with Gasteiger partial charge in [0.05, 0.1) is 0 Å². The second-order valence-electron chi connectivity index (χ2n) is 3.05.